The number of carbonyl (C=O) groups is 1. The highest BCUT2D eigenvalue weighted by molar-refractivity contribution is 5.93. The maximum atomic E-state index is 11.1. The SMILES string of the molecule is CCC#CC(=O)NCc1ccccc1. The maximum Gasteiger partial charge on any atom is 0.296 e. The summed E-state index contributed by atoms with van der Waals surface area (Å²) in [5.74, 6) is 5.01. The Hall–Kier alpha value is -1.75. The van der Waals surface area contributed by atoms with Crippen LogP contribution in [-0.4, -0.2) is 5.91 Å². The van der Waals surface area contributed by atoms with Crippen molar-refractivity contribution >= 4 is 5.91 Å². The number of carbonyl (C=O) groups excluding carboxylic acids is 1. The predicted molar refractivity (Wildman–Crippen MR) is 56.4 cm³/mol. The lowest BCUT2D eigenvalue weighted by molar-refractivity contribution is -0.115. The number of benzene rings is 1. The van der Waals surface area contributed by atoms with Crippen molar-refractivity contribution in [1.29, 1.82) is 0 Å². The minimum Gasteiger partial charge on any atom is -0.341 e. The van der Waals surface area contributed by atoms with E-state index in [0.29, 0.717) is 13.0 Å². The van der Waals surface area contributed by atoms with E-state index >= 15 is 0 Å². The van der Waals surface area contributed by atoms with Crippen LogP contribution in [0.15, 0.2) is 30.3 Å². The zero-order valence-electron chi connectivity index (χ0n) is 8.21. The van der Waals surface area contributed by atoms with Crippen molar-refractivity contribution in [3.63, 3.8) is 0 Å². The smallest absolute Gasteiger partial charge is 0.296 e. The highest BCUT2D eigenvalue weighted by atomic mass is 16.1. The molecule has 0 aliphatic heterocycles. The summed E-state index contributed by atoms with van der Waals surface area (Å²) in [5.41, 5.74) is 1.08. The van der Waals surface area contributed by atoms with Gasteiger partial charge in [-0.2, -0.15) is 0 Å². The lowest BCUT2D eigenvalue weighted by Gasteiger charge is -1.99. The zero-order chi connectivity index (χ0) is 10.2. The van der Waals surface area contributed by atoms with Crippen molar-refractivity contribution in [3.8, 4) is 11.8 Å². The fourth-order valence-electron chi connectivity index (χ4n) is 0.991. The molecule has 0 unspecified atom stereocenters. The van der Waals surface area contributed by atoms with Crippen molar-refractivity contribution in [3.05, 3.63) is 35.9 Å². The second-order valence-electron chi connectivity index (χ2n) is 2.82. The second-order valence-corrected chi connectivity index (χ2v) is 2.82. The highest BCUT2D eigenvalue weighted by Crippen LogP contribution is 1.96. The van der Waals surface area contributed by atoms with Crippen LogP contribution >= 0.6 is 0 Å². The number of nitrogens with one attached hydrogen (secondary N) is 1. The van der Waals surface area contributed by atoms with Gasteiger partial charge in [-0.1, -0.05) is 43.2 Å². The van der Waals surface area contributed by atoms with Gasteiger partial charge in [0.1, 0.15) is 0 Å². The third-order valence-corrected chi connectivity index (χ3v) is 1.67. The molecule has 2 heteroatoms. The van der Waals surface area contributed by atoms with Crippen LogP contribution in [0.4, 0.5) is 0 Å². The molecule has 0 aromatic heterocycles. The van der Waals surface area contributed by atoms with Crippen molar-refractivity contribution in [1.82, 2.24) is 5.32 Å². The highest BCUT2D eigenvalue weighted by Gasteiger charge is 1.94. The molecule has 1 amide bonds. The van der Waals surface area contributed by atoms with Gasteiger partial charge in [0.2, 0.25) is 0 Å². The third kappa shape index (κ3) is 3.77. The molecule has 1 rings (SSSR count). The lowest BCUT2D eigenvalue weighted by Crippen LogP contribution is -2.20. The van der Waals surface area contributed by atoms with Gasteiger partial charge in [-0.3, -0.25) is 4.79 Å². The number of amides is 1. The molecule has 0 saturated heterocycles. The van der Waals surface area contributed by atoms with Gasteiger partial charge < -0.3 is 5.32 Å². The first kappa shape index (κ1) is 10.3. The van der Waals surface area contributed by atoms with Crippen molar-refractivity contribution in [2.45, 2.75) is 19.9 Å². The monoisotopic (exact) mass is 187 g/mol. The van der Waals surface area contributed by atoms with Crippen LogP contribution in [0.2, 0.25) is 0 Å². The van der Waals surface area contributed by atoms with E-state index in [1.807, 2.05) is 37.3 Å². The van der Waals surface area contributed by atoms with Gasteiger partial charge >= 0.3 is 0 Å². The minimum absolute atomic E-state index is 0.212. The molecule has 0 radical (unpaired) electrons. The fourth-order valence-corrected chi connectivity index (χ4v) is 0.991. The number of rotatable bonds is 2. The van der Waals surface area contributed by atoms with Crippen molar-refractivity contribution < 1.29 is 4.79 Å². The van der Waals surface area contributed by atoms with E-state index in [-0.39, 0.29) is 5.91 Å². The average Bonchev–Trinajstić information content (AvgIpc) is 2.25. The van der Waals surface area contributed by atoms with Crippen molar-refractivity contribution in [2.24, 2.45) is 0 Å². The Morgan fingerprint density at radius 3 is 2.71 bits per heavy atom. The quantitative estimate of drug-likeness (QED) is 0.702. The molecular formula is C12H13NO. The molecule has 0 bridgehead atoms. The largest absolute Gasteiger partial charge is 0.341 e. The third-order valence-electron chi connectivity index (χ3n) is 1.67. The topological polar surface area (TPSA) is 29.1 Å². The van der Waals surface area contributed by atoms with E-state index in [0.717, 1.165) is 5.56 Å². The van der Waals surface area contributed by atoms with Gasteiger partial charge in [0, 0.05) is 13.0 Å². The number of hydrogen-bond donors (Lipinski definition) is 1. The summed E-state index contributed by atoms with van der Waals surface area (Å²) in [7, 11) is 0. The first-order chi connectivity index (χ1) is 6.83. The van der Waals surface area contributed by atoms with E-state index in [1.54, 1.807) is 0 Å². The van der Waals surface area contributed by atoms with Gasteiger partial charge in [-0.25, -0.2) is 0 Å². The molecule has 0 fully saturated rings. The van der Waals surface area contributed by atoms with E-state index < -0.39 is 0 Å². The molecular weight excluding hydrogens is 174 g/mol. The van der Waals surface area contributed by atoms with E-state index in [9.17, 15) is 4.79 Å². The Bertz CT molecular complexity index is 346. The molecule has 0 aliphatic carbocycles. The Morgan fingerprint density at radius 1 is 1.36 bits per heavy atom. The molecule has 0 aliphatic rings. The Balaban J connectivity index is 2.38. The van der Waals surface area contributed by atoms with Crippen LogP contribution in [-0.2, 0) is 11.3 Å². The molecule has 2 nitrogen and oxygen atoms in total. The molecule has 0 saturated carbocycles. The van der Waals surface area contributed by atoms with Gasteiger partial charge in [0.25, 0.3) is 5.91 Å². The molecule has 14 heavy (non-hydrogen) atoms. The molecule has 0 spiro atoms. The van der Waals surface area contributed by atoms with E-state index in [2.05, 4.69) is 17.2 Å². The van der Waals surface area contributed by atoms with E-state index in [1.165, 1.54) is 0 Å². The minimum atomic E-state index is -0.212. The van der Waals surface area contributed by atoms with Crippen molar-refractivity contribution in [2.75, 3.05) is 0 Å². The second kappa shape index (κ2) is 5.82. The molecule has 0 atom stereocenters. The lowest BCUT2D eigenvalue weighted by atomic mass is 10.2. The summed E-state index contributed by atoms with van der Waals surface area (Å²) in [6.07, 6.45) is 0.707. The first-order valence-corrected chi connectivity index (χ1v) is 4.63. The van der Waals surface area contributed by atoms with Crippen LogP contribution in [0.3, 0.4) is 0 Å². The molecule has 1 aromatic rings. The summed E-state index contributed by atoms with van der Waals surface area (Å²) in [6.45, 7) is 2.45. The van der Waals surface area contributed by atoms with Gasteiger partial charge in [0.05, 0.1) is 0 Å². The summed E-state index contributed by atoms with van der Waals surface area (Å²) < 4.78 is 0. The first-order valence-electron chi connectivity index (χ1n) is 4.63. The van der Waals surface area contributed by atoms with Gasteiger partial charge in [-0.05, 0) is 11.5 Å². The zero-order valence-corrected chi connectivity index (χ0v) is 8.21. The molecule has 1 aromatic carbocycles. The maximum absolute atomic E-state index is 11.1. The fraction of sp³-hybridized carbons (Fsp3) is 0.250. The Kier molecular flexibility index (Phi) is 4.30. The summed E-state index contributed by atoms with van der Waals surface area (Å²) in [4.78, 5) is 11.1. The van der Waals surface area contributed by atoms with Crippen LogP contribution < -0.4 is 5.32 Å². The molecule has 72 valence electrons. The molecule has 1 N–H and O–H groups in total. The van der Waals surface area contributed by atoms with Crippen LogP contribution in [0.5, 0.6) is 0 Å². The summed E-state index contributed by atoms with van der Waals surface area (Å²) >= 11 is 0. The average molecular weight is 187 g/mol. The number of hydrogen-bond acceptors (Lipinski definition) is 1. The van der Waals surface area contributed by atoms with Gasteiger partial charge in [0.15, 0.2) is 0 Å². The standard InChI is InChI=1S/C12H13NO/c1-2-3-9-12(14)13-10-11-7-5-4-6-8-11/h4-8H,2,10H2,1H3,(H,13,14). The summed E-state index contributed by atoms with van der Waals surface area (Å²) in [6, 6.07) is 9.77. The van der Waals surface area contributed by atoms with E-state index in [4.69, 9.17) is 0 Å². The Labute approximate surface area is 84.3 Å². The predicted octanol–water partition coefficient (Wildman–Crippen LogP) is 1.72. The molecule has 0 heterocycles. The van der Waals surface area contributed by atoms with Crippen LogP contribution in [0.1, 0.15) is 18.9 Å². The van der Waals surface area contributed by atoms with Crippen LogP contribution in [0.25, 0.3) is 0 Å². The van der Waals surface area contributed by atoms with Gasteiger partial charge in [-0.15, -0.1) is 0 Å². The van der Waals surface area contributed by atoms with Crippen LogP contribution in [0, 0.1) is 11.8 Å². The normalized spacial score (nSPS) is 8.64. The summed E-state index contributed by atoms with van der Waals surface area (Å²) in [5, 5.41) is 2.72. The Morgan fingerprint density at radius 2 is 2.07 bits per heavy atom.